The number of hydrogen-bond acceptors (Lipinski definition) is 2. The number of halogens is 1. The Bertz CT molecular complexity index is 422. The Labute approximate surface area is 100 Å². The Kier molecular flexibility index (Phi) is 3.66. The lowest BCUT2D eigenvalue weighted by Gasteiger charge is -2.24. The maximum atomic E-state index is 12.1. The van der Waals surface area contributed by atoms with E-state index in [0.29, 0.717) is 16.6 Å². The third kappa shape index (κ3) is 2.30. The first kappa shape index (κ1) is 11.7. The van der Waals surface area contributed by atoms with Crippen LogP contribution in [0.2, 0.25) is 5.02 Å². The summed E-state index contributed by atoms with van der Waals surface area (Å²) in [5.74, 6) is 0. The average Bonchev–Trinajstić information content (AvgIpc) is 2.33. The molecule has 0 bridgehead atoms. The minimum atomic E-state index is 0.0267. The maximum Gasteiger partial charge on any atom is 0.255 e. The minimum Gasteiger partial charge on any atom is -0.326 e. The van der Waals surface area contributed by atoms with Crippen LogP contribution >= 0.6 is 11.6 Å². The molecule has 0 radical (unpaired) electrons. The number of rotatable bonds is 2. The Morgan fingerprint density at radius 2 is 2.06 bits per heavy atom. The van der Waals surface area contributed by atoms with E-state index >= 15 is 0 Å². The zero-order valence-electron chi connectivity index (χ0n) is 9.29. The van der Waals surface area contributed by atoms with Crippen LogP contribution in [0, 0.1) is 0 Å². The van der Waals surface area contributed by atoms with Crippen molar-refractivity contribution in [1.82, 2.24) is 4.57 Å². The molecule has 16 heavy (non-hydrogen) atoms. The Morgan fingerprint density at radius 1 is 1.38 bits per heavy atom. The minimum absolute atomic E-state index is 0.0267. The molecule has 0 aromatic carbocycles. The fraction of sp³-hybridized carbons (Fsp3) is 0.583. The molecule has 4 heteroatoms. The zero-order chi connectivity index (χ0) is 11.5. The van der Waals surface area contributed by atoms with E-state index in [-0.39, 0.29) is 12.1 Å². The summed E-state index contributed by atoms with van der Waals surface area (Å²) in [5.41, 5.74) is 6.18. The van der Waals surface area contributed by atoms with E-state index in [1.54, 1.807) is 16.8 Å². The molecule has 0 aliphatic heterocycles. The van der Waals surface area contributed by atoms with Crippen molar-refractivity contribution in [2.24, 2.45) is 5.73 Å². The van der Waals surface area contributed by atoms with Crippen molar-refractivity contribution in [1.29, 1.82) is 0 Å². The van der Waals surface area contributed by atoms with E-state index in [1.165, 1.54) is 19.3 Å². The molecule has 0 saturated heterocycles. The van der Waals surface area contributed by atoms with Crippen LogP contribution in [0.4, 0.5) is 0 Å². The predicted molar refractivity (Wildman–Crippen MR) is 65.7 cm³/mol. The number of nitrogens with two attached hydrogens (primary N) is 1. The molecular formula is C12H17ClN2O. The van der Waals surface area contributed by atoms with Crippen molar-refractivity contribution in [3.05, 3.63) is 33.2 Å². The van der Waals surface area contributed by atoms with E-state index in [4.69, 9.17) is 17.3 Å². The lowest BCUT2D eigenvalue weighted by molar-refractivity contribution is 0.345. The zero-order valence-corrected chi connectivity index (χ0v) is 10.0. The second-order valence-corrected chi connectivity index (χ2v) is 4.83. The smallest absolute Gasteiger partial charge is 0.255 e. The van der Waals surface area contributed by atoms with Gasteiger partial charge in [0.15, 0.2) is 0 Å². The summed E-state index contributed by atoms with van der Waals surface area (Å²) in [6.07, 6.45) is 7.56. The number of pyridine rings is 1. The summed E-state index contributed by atoms with van der Waals surface area (Å²) >= 11 is 6.00. The molecule has 0 amide bonds. The van der Waals surface area contributed by atoms with Gasteiger partial charge in [0.25, 0.3) is 5.56 Å². The van der Waals surface area contributed by atoms with Crippen LogP contribution in [0.3, 0.4) is 0 Å². The van der Waals surface area contributed by atoms with Crippen molar-refractivity contribution in [2.75, 3.05) is 0 Å². The average molecular weight is 241 g/mol. The molecule has 1 saturated carbocycles. The van der Waals surface area contributed by atoms with E-state index in [2.05, 4.69) is 0 Å². The SMILES string of the molecule is NCc1cc(Cl)cn(C2CCCCC2)c1=O. The molecule has 3 nitrogen and oxygen atoms in total. The molecular weight excluding hydrogens is 224 g/mol. The van der Waals surface area contributed by atoms with Crippen LogP contribution in [-0.2, 0) is 6.54 Å². The highest BCUT2D eigenvalue weighted by Gasteiger charge is 2.17. The molecule has 1 aromatic rings. The first-order chi connectivity index (χ1) is 7.72. The van der Waals surface area contributed by atoms with Crippen molar-refractivity contribution < 1.29 is 0 Å². The number of hydrogen-bond donors (Lipinski definition) is 1. The van der Waals surface area contributed by atoms with Gasteiger partial charge in [-0.15, -0.1) is 0 Å². The Balaban J connectivity index is 2.38. The second kappa shape index (κ2) is 5.02. The van der Waals surface area contributed by atoms with Gasteiger partial charge >= 0.3 is 0 Å². The molecule has 1 fully saturated rings. The summed E-state index contributed by atoms with van der Waals surface area (Å²) in [6.45, 7) is 0.256. The van der Waals surface area contributed by atoms with Crippen LogP contribution < -0.4 is 11.3 Å². The standard InChI is InChI=1S/C12H17ClN2O/c13-10-6-9(7-14)12(16)15(8-10)11-4-2-1-3-5-11/h6,8,11H,1-5,7,14H2. The van der Waals surface area contributed by atoms with Crippen LogP contribution in [0.1, 0.15) is 43.7 Å². The van der Waals surface area contributed by atoms with Gasteiger partial charge in [0, 0.05) is 24.3 Å². The fourth-order valence-corrected chi connectivity index (χ4v) is 2.64. The summed E-state index contributed by atoms with van der Waals surface area (Å²) in [6, 6.07) is 1.98. The normalized spacial score (nSPS) is 17.6. The summed E-state index contributed by atoms with van der Waals surface area (Å²) in [7, 11) is 0. The largest absolute Gasteiger partial charge is 0.326 e. The van der Waals surface area contributed by atoms with Crippen LogP contribution in [0.5, 0.6) is 0 Å². The molecule has 0 unspecified atom stereocenters. The topological polar surface area (TPSA) is 48.0 Å². The van der Waals surface area contributed by atoms with Crippen molar-refractivity contribution >= 4 is 11.6 Å². The van der Waals surface area contributed by atoms with Gasteiger partial charge in [0.1, 0.15) is 0 Å². The Hall–Kier alpha value is -0.800. The quantitative estimate of drug-likeness (QED) is 0.863. The van der Waals surface area contributed by atoms with Crippen LogP contribution in [0.15, 0.2) is 17.1 Å². The summed E-state index contributed by atoms with van der Waals surface area (Å²) in [5, 5.41) is 0.602. The van der Waals surface area contributed by atoms with E-state index in [0.717, 1.165) is 12.8 Å². The highest BCUT2D eigenvalue weighted by molar-refractivity contribution is 6.30. The number of aromatic nitrogens is 1. The maximum absolute atomic E-state index is 12.1. The molecule has 2 rings (SSSR count). The third-order valence-corrected chi connectivity index (χ3v) is 3.48. The lowest BCUT2D eigenvalue weighted by Crippen LogP contribution is -2.29. The first-order valence-electron chi connectivity index (χ1n) is 5.83. The van der Waals surface area contributed by atoms with E-state index < -0.39 is 0 Å². The lowest BCUT2D eigenvalue weighted by atomic mass is 9.95. The fourth-order valence-electron chi connectivity index (χ4n) is 2.40. The van der Waals surface area contributed by atoms with Gasteiger partial charge in [0.2, 0.25) is 0 Å². The molecule has 0 spiro atoms. The van der Waals surface area contributed by atoms with Gasteiger partial charge in [-0.1, -0.05) is 30.9 Å². The third-order valence-electron chi connectivity index (χ3n) is 3.27. The highest BCUT2D eigenvalue weighted by Crippen LogP contribution is 2.27. The molecule has 1 heterocycles. The van der Waals surface area contributed by atoms with Crippen molar-refractivity contribution in [3.8, 4) is 0 Å². The summed E-state index contributed by atoms with van der Waals surface area (Å²) in [4.78, 5) is 12.1. The van der Waals surface area contributed by atoms with Crippen molar-refractivity contribution in [3.63, 3.8) is 0 Å². The molecule has 88 valence electrons. The van der Waals surface area contributed by atoms with Crippen LogP contribution in [0.25, 0.3) is 0 Å². The molecule has 1 aromatic heterocycles. The van der Waals surface area contributed by atoms with E-state index in [1.807, 2.05) is 0 Å². The Morgan fingerprint density at radius 3 is 2.69 bits per heavy atom. The van der Waals surface area contributed by atoms with Crippen molar-refractivity contribution in [2.45, 2.75) is 44.7 Å². The van der Waals surface area contributed by atoms with Gasteiger partial charge in [-0.3, -0.25) is 4.79 Å². The molecule has 1 aliphatic carbocycles. The van der Waals surface area contributed by atoms with E-state index in [9.17, 15) is 4.79 Å². The monoisotopic (exact) mass is 240 g/mol. The summed E-state index contributed by atoms with van der Waals surface area (Å²) < 4.78 is 1.78. The van der Waals surface area contributed by atoms with Gasteiger partial charge < -0.3 is 10.3 Å². The molecule has 0 atom stereocenters. The predicted octanol–water partition coefficient (Wildman–Crippen LogP) is 2.47. The van der Waals surface area contributed by atoms with Gasteiger partial charge in [-0.05, 0) is 18.9 Å². The van der Waals surface area contributed by atoms with Gasteiger partial charge in [-0.2, -0.15) is 0 Å². The van der Waals surface area contributed by atoms with Crippen LogP contribution in [-0.4, -0.2) is 4.57 Å². The highest BCUT2D eigenvalue weighted by atomic mass is 35.5. The van der Waals surface area contributed by atoms with Gasteiger partial charge in [0.05, 0.1) is 5.02 Å². The second-order valence-electron chi connectivity index (χ2n) is 4.39. The number of nitrogens with zero attached hydrogens (tertiary/aromatic N) is 1. The first-order valence-corrected chi connectivity index (χ1v) is 6.21. The molecule has 2 N–H and O–H groups in total. The van der Waals surface area contributed by atoms with Gasteiger partial charge in [-0.25, -0.2) is 0 Å². The molecule has 1 aliphatic rings.